The molecule has 50 valence electrons. The maximum Gasteiger partial charge on any atom is 0.0515 e. The molecular weight excluding hydrogens is 104 g/mol. The fourth-order valence-electron chi connectivity index (χ4n) is 0.657. The summed E-state index contributed by atoms with van der Waals surface area (Å²) in [5, 5.41) is 17.2. The second-order valence-corrected chi connectivity index (χ2v) is 2.37. The van der Waals surface area contributed by atoms with Gasteiger partial charge >= 0.3 is 0 Å². The first-order valence-electron chi connectivity index (χ1n) is 2.95. The summed E-state index contributed by atoms with van der Waals surface area (Å²) in [6.07, 6.45) is 0.411. The van der Waals surface area contributed by atoms with Gasteiger partial charge in [0.2, 0.25) is 0 Å². The molecule has 0 aliphatic carbocycles. The third-order valence-electron chi connectivity index (χ3n) is 1.06. The molecule has 2 N–H and O–H groups in total. The summed E-state index contributed by atoms with van der Waals surface area (Å²) in [5.74, 6) is 0.231. The monoisotopic (exact) mass is 118 g/mol. The summed E-state index contributed by atoms with van der Waals surface area (Å²) in [6.45, 7) is 3.81. The van der Waals surface area contributed by atoms with Crippen LogP contribution in [-0.2, 0) is 0 Å². The van der Waals surface area contributed by atoms with Crippen LogP contribution in [-0.4, -0.2) is 22.9 Å². The van der Waals surface area contributed by atoms with Gasteiger partial charge in [0.25, 0.3) is 0 Å². The van der Waals surface area contributed by atoms with Crippen LogP contribution in [0.15, 0.2) is 0 Å². The van der Waals surface area contributed by atoms with E-state index in [1.165, 1.54) is 0 Å². The Labute approximate surface area is 50.2 Å². The van der Waals surface area contributed by atoms with E-state index in [2.05, 4.69) is 0 Å². The van der Waals surface area contributed by atoms with Crippen LogP contribution >= 0.6 is 0 Å². The highest BCUT2D eigenvalue weighted by molar-refractivity contribution is 4.53. The molecule has 0 aromatic carbocycles. The summed E-state index contributed by atoms with van der Waals surface area (Å²) in [5.41, 5.74) is 0. The van der Waals surface area contributed by atoms with Crippen LogP contribution in [0.3, 0.4) is 0 Å². The van der Waals surface area contributed by atoms with Crippen LogP contribution in [0.25, 0.3) is 0 Å². The fraction of sp³-hybridized carbons (Fsp3) is 1.00. The minimum atomic E-state index is -0.280. The molecular formula is C6H14O2. The molecule has 0 aromatic rings. The molecule has 0 radical (unpaired) electrons. The summed E-state index contributed by atoms with van der Waals surface area (Å²) >= 11 is 0. The Kier molecular flexibility index (Phi) is 3.83. The lowest BCUT2D eigenvalue weighted by Gasteiger charge is -2.08. The molecule has 0 amide bonds. The van der Waals surface area contributed by atoms with Gasteiger partial charge in [-0.3, -0.25) is 0 Å². The molecule has 2 heteroatoms. The first kappa shape index (κ1) is 7.92. The van der Waals surface area contributed by atoms with Gasteiger partial charge < -0.3 is 10.2 Å². The predicted molar refractivity (Wildman–Crippen MR) is 32.5 cm³/mol. The molecule has 0 saturated carbocycles. The SMILES string of the molecule is C[C@@H](CO)C[C@H](C)O. The van der Waals surface area contributed by atoms with Crippen molar-refractivity contribution < 1.29 is 10.2 Å². The molecule has 0 unspecified atom stereocenters. The van der Waals surface area contributed by atoms with E-state index in [0.717, 1.165) is 0 Å². The van der Waals surface area contributed by atoms with E-state index >= 15 is 0 Å². The second-order valence-electron chi connectivity index (χ2n) is 2.37. The molecule has 0 aliphatic rings. The molecule has 8 heavy (non-hydrogen) atoms. The van der Waals surface area contributed by atoms with Gasteiger partial charge in [-0.15, -0.1) is 0 Å². The lowest BCUT2D eigenvalue weighted by Crippen LogP contribution is -2.09. The number of aliphatic hydroxyl groups excluding tert-OH is 2. The van der Waals surface area contributed by atoms with Crippen molar-refractivity contribution in [2.24, 2.45) is 5.92 Å². The van der Waals surface area contributed by atoms with Gasteiger partial charge in [0.1, 0.15) is 0 Å². The van der Waals surface area contributed by atoms with Crippen molar-refractivity contribution in [3.63, 3.8) is 0 Å². The molecule has 0 rings (SSSR count). The Morgan fingerprint density at radius 3 is 2.00 bits per heavy atom. The quantitative estimate of drug-likeness (QED) is 0.562. The Balaban J connectivity index is 3.10. The predicted octanol–water partition coefficient (Wildman–Crippen LogP) is 0.386. The molecule has 0 fully saturated rings. The fourth-order valence-corrected chi connectivity index (χ4v) is 0.657. The lowest BCUT2D eigenvalue weighted by atomic mass is 10.1. The summed E-state index contributed by atoms with van der Waals surface area (Å²) in [4.78, 5) is 0. The van der Waals surface area contributed by atoms with E-state index in [9.17, 15) is 0 Å². The van der Waals surface area contributed by atoms with Gasteiger partial charge in [0.05, 0.1) is 6.10 Å². The Bertz CT molecular complexity index is 52.5. The van der Waals surface area contributed by atoms with E-state index in [1.54, 1.807) is 6.92 Å². The van der Waals surface area contributed by atoms with Crippen molar-refractivity contribution in [1.29, 1.82) is 0 Å². The first-order valence-corrected chi connectivity index (χ1v) is 2.95. The maximum atomic E-state index is 8.74. The van der Waals surface area contributed by atoms with Gasteiger partial charge in [0, 0.05) is 6.61 Å². The third-order valence-corrected chi connectivity index (χ3v) is 1.06. The summed E-state index contributed by atoms with van der Waals surface area (Å²) in [7, 11) is 0. The number of aliphatic hydroxyl groups is 2. The van der Waals surface area contributed by atoms with Gasteiger partial charge in [-0.1, -0.05) is 6.92 Å². The van der Waals surface area contributed by atoms with Crippen LogP contribution in [0.5, 0.6) is 0 Å². The largest absolute Gasteiger partial charge is 0.396 e. The smallest absolute Gasteiger partial charge is 0.0515 e. The van der Waals surface area contributed by atoms with E-state index in [4.69, 9.17) is 10.2 Å². The van der Waals surface area contributed by atoms with Gasteiger partial charge in [0.15, 0.2) is 0 Å². The van der Waals surface area contributed by atoms with Gasteiger partial charge in [-0.2, -0.15) is 0 Å². The summed E-state index contributed by atoms with van der Waals surface area (Å²) in [6, 6.07) is 0. The van der Waals surface area contributed by atoms with Crippen LogP contribution in [0.2, 0.25) is 0 Å². The van der Waals surface area contributed by atoms with Crippen molar-refractivity contribution in [3.05, 3.63) is 0 Å². The Morgan fingerprint density at radius 2 is 1.88 bits per heavy atom. The molecule has 0 spiro atoms. The molecule has 0 aliphatic heterocycles. The first-order chi connectivity index (χ1) is 3.66. The molecule has 0 saturated heterocycles. The van der Waals surface area contributed by atoms with Gasteiger partial charge in [-0.05, 0) is 19.3 Å². The average molecular weight is 118 g/mol. The van der Waals surface area contributed by atoms with Crippen LogP contribution in [0.4, 0.5) is 0 Å². The highest BCUT2D eigenvalue weighted by Gasteiger charge is 2.02. The van der Waals surface area contributed by atoms with E-state index in [0.29, 0.717) is 6.42 Å². The Morgan fingerprint density at radius 1 is 1.38 bits per heavy atom. The summed E-state index contributed by atoms with van der Waals surface area (Å²) < 4.78 is 0. The van der Waals surface area contributed by atoms with Crippen molar-refractivity contribution in [2.45, 2.75) is 26.4 Å². The standard InChI is InChI=1S/C6H14O2/c1-5(4-7)3-6(2)8/h5-8H,3-4H2,1-2H3/t5-,6+/m1/s1. The molecule has 0 aromatic heterocycles. The normalized spacial score (nSPS) is 18.0. The Hall–Kier alpha value is -0.0800. The molecule has 2 nitrogen and oxygen atoms in total. The van der Waals surface area contributed by atoms with Crippen LogP contribution in [0.1, 0.15) is 20.3 Å². The number of hydrogen-bond donors (Lipinski definition) is 2. The number of rotatable bonds is 3. The zero-order valence-electron chi connectivity index (χ0n) is 5.46. The highest BCUT2D eigenvalue weighted by Crippen LogP contribution is 2.02. The lowest BCUT2D eigenvalue weighted by molar-refractivity contribution is 0.136. The third kappa shape index (κ3) is 4.09. The highest BCUT2D eigenvalue weighted by atomic mass is 16.3. The van der Waals surface area contributed by atoms with Crippen molar-refractivity contribution >= 4 is 0 Å². The van der Waals surface area contributed by atoms with Crippen LogP contribution < -0.4 is 0 Å². The van der Waals surface area contributed by atoms with Crippen LogP contribution in [0, 0.1) is 5.92 Å². The number of hydrogen-bond acceptors (Lipinski definition) is 2. The van der Waals surface area contributed by atoms with Crippen molar-refractivity contribution in [3.8, 4) is 0 Å². The topological polar surface area (TPSA) is 40.5 Å². The average Bonchev–Trinajstić information content (AvgIpc) is 1.65. The minimum absolute atomic E-state index is 0.172. The van der Waals surface area contributed by atoms with E-state index in [1.807, 2.05) is 6.92 Å². The van der Waals surface area contributed by atoms with Crippen molar-refractivity contribution in [1.82, 2.24) is 0 Å². The maximum absolute atomic E-state index is 8.74. The zero-order chi connectivity index (χ0) is 6.57. The van der Waals surface area contributed by atoms with Gasteiger partial charge in [-0.25, -0.2) is 0 Å². The van der Waals surface area contributed by atoms with E-state index < -0.39 is 0 Å². The molecule has 0 bridgehead atoms. The second kappa shape index (κ2) is 3.87. The molecule has 0 heterocycles. The zero-order valence-corrected chi connectivity index (χ0v) is 5.46. The van der Waals surface area contributed by atoms with Crippen molar-refractivity contribution in [2.75, 3.05) is 6.61 Å². The van der Waals surface area contributed by atoms with E-state index in [-0.39, 0.29) is 18.6 Å². The molecule has 2 atom stereocenters. The minimum Gasteiger partial charge on any atom is -0.396 e.